The maximum absolute atomic E-state index is 13.4. The highest BCUT2D eigenvalue weighted by atomic mass is 19.1. The first-order chi connectivity index (χ1) is 8.81. The molecule has 1 aromatic rings. The lowest BCUT2D eigenvalue weighted by molar-refractivity contribution is -0.387. The molecule has 8 heteroatoms. The Morgan fingerprint density at radius 1 is 1.37 bits per heavy atom. The second-order valence-electron chi connectivity index (χ2n) is 3.82. The minimum atomic E-state index is -1.25. The fourth-order valence-electron chi connectivity index (χ4n) is 1.20. The summed E-state index contributed by atoms with van der Waals surface area (Å²) < 4.78 is 36.0. The number of carbonyl (C=O) groups excluding carboxylic acids is 1. The molecule has 0 fully saturated rings. The molecule has 0 unspecified atom stereocenters. The van der Waals surface area contributed by atoms with E-state index in [1.54, 1.807) is 13.8 Å². The Bertz CT molecular complexity index is 504. The SMILES string of the molecule is CC(C)OC(=O)COc1cc(F)c([N+](=O)[O-])cc1F. The Balaban J connectivity index is 2.77. The van der Waals surface area contributed by atoms with Gasteiger partial charge in [0.25, 0.3) is 0 Å². The summed E-state index contributed by atoms with van der Waals surface area (Å²) in [6.45, 7) is 2.61. The molecule has 0 aliphatic carbocycles. The molecule has 0 spiro atoms. The fourth-order valence-corrected chi connectivity index (χ4v) is 1.20. The number of hydrogen-bond donors (Lipinski definition) is 0. The third-order valence-corrected chi connectivity index (χ3v) is 1.91. The van der Waals surface area contributed by atoms with Crippen molar-refractivity contribution >= 4 is 11.7 Å². The topological polar surface area (TPSA) is 78.7 Å². The molecule has 0 radical (unpaired) electrons. The molecule has 0 bridgehead atoms. The van der Waals surface area contributed by atoms with Gasteiger partial charge in [-0.05, 0) is 13.8 Å². The molecule has 0 aromatic heterocycles. The zero-order valence-corrected chi connectivity index (χ0v) is 10.2. The fraction of sp³-hybridized carbons (Fsp3) is 0.364. The van der Waals surface area contributed by atoms with E-state index in [0.717, 1.165) is 0 Å². The number of halogens is 2. The van der Waals surface area contributed by atoms with Crippen LogP contribution < -0.4 is 4.74 Å². The van der Waals surface area contributed by atoms with Crippen LogP contribution in [0.3, 0.4) is 0 Å². The first kappa shape index (κ1) is 14.8. The van der Waals surface area contributed by atoms with Gasteiger partial charge < -0.3 is 9.47 Å². The van der Waals surface area contributed by atoms with Gasteiger partial charge in [0.05, 0.1) is 17.1 Å². The summed E-state index contributed by atoms with van der Waals surface area (Å²) in [5, 5.41) is 10.4. The van der Waals surface area contributed by atoms with Gasteiger partial charge in [0.1, 0.15) is 0 Å². The molecule has 104 valence electrons. The van der Waals surface area contributed by atoms with Gasteiger partial charge in [-0.25, -0.2) is 9.18 Å². The van der Waals surface area contributed by atoms with E-state index >= 15 is 0 Å². The van der Waals surface area contributed by atoms with E-state index in [1.165, 1.54) is 0 Å². The number of nitro benzene ring substituents is 1. The lowest BCUT2D eigenvalue weighted by Gasteiger charge is -2.09. The molecular formula is C11H11F2NO5. The molecule has 19 heavy (non-hydrogen) atoms. The van der Waals surface area contributed by atoms with Gasteiger partial charge in [0.2, 0.25) is 5.82 Å². The van der Waals surface area contributed by atoms with Crippen LogP contribution in [0.15, 0.2) is 12.1 Å². The molecule has 1 rings (SSSR count). The molecule has 0 heterocycles. The lowest BCUT2D eigenvalue weighted by Crippen LogP contribution is -2.19. The number of carbonyl (C=O) groups is 1. The van der Waals surface area contributed by atoms with E-state index in [1.807, 2.05) is 0 Å². The van der Waals surface area contributed by atoms with Crippen LogP contribution in [0.25, 0.3) is 0 Å². The van der Waals surface area contributed by atoms with E-state index in [0.29, 0.717) is 12.1 Å². The molecule has 1 aromatic carbocycles. The summed E-state index contributed by atoms with van der Waals surface area (Å²) >= 11 is 0. The second-order valence-corrected chi connectivity index (χ2v) is 3.82. The van der Waals surface area contributed by atoms with Crippen molar-refractivity contribution < 1.29 is 28.0 Å². The summed E-state index contributed by atoms with van der Waals surface area (Å²) in [5.74, 6) is -3.74. The Kier molecular flexibility index (Phi) is 4.74. The number of nitro groups is 1. The molecule has 6 nitrogen and oxygen atoms in total. The van der Waals surface area contributed by atoms with Crippen molar-refractivity contribution in [3.63, 3.8) is 0 Å². The van der Waals surface area contributed by atoms with Gasteiger partial charge in [0, 0.05) is 6.07 Å². The van der Waals surface area contributed by atoms with Crippen molar-refractivity contribution in [2.75, 3.05) is 6.61 Å². The minimum Gasteiger partial charge on any atom is -0.479 e. The third-order valence-electron chi connectivity index (χ3n) is 1.91. The number of rotatable bonds is 5. The molecule has 0 saturated carbocycles. The number of hydrogen-bond acceptors (Lipinski definition) is 5. The number of nitrogens with zero attached hydrogens (tertiary/aromatic N) is 1. The number of ether oxygens (including phenoxy) is 2. The van der Waals surface area contributed by atoms with Crippen LogP contribution in [0.5, 0.6) is 5.75 Å². The highest BCUT2D eigenvalue weighted by molar-refractivity contribution is 5.71. The number of esters is 1. The Hall–Kier alpha value is -2.25. The molecule has 0 amide bonds. The average Bonchev–Trinajstić information content (AvgIpc) is 2.28. The van der Waals surface area contributed by atoms with Gasteiger partial charge in [-0.3, -0.25) is 10.1 Å². The van der Waals surface area contributed by atoms with Crippen LogP contribution >= 0.6 is 0 Å². The van der Waals surface area contributed by atoms with Crippen molar-refractivity contribution in [3.8, 4) is 5.75 Å². The maximum Gasteiger partial charge on any atom is 0.344 e. The van der Waals surface area contributed by atoms with Gasteiger partial charge >= 0.3 is 11.7 Å². The first-order valence-corrected chi connectivity index (χ1v) is 5.27. The highest BCUT2D eigenvalue weighted by Gasteiger charge is 2.20. The predicted octanol–water partition coefficient (Wildman–Crippen LogP) is 2.20. The quantitative estimate of drug-likeness (QED) is 0.467. The minimum absolute atomic E-state index is 0.366. The van der Waals surface area contributed by atoms with Crippen molar-refractivity contribution in [1.82, 2.24) is 0 Å². The summed E-state index contributed by atoms with van der Waals surface area (Å²) in [6.07, 6.45) is -0.366. The third kappa shape index (κ3) is 4.16. The highest BCUT2D eigenvalue weighted by Crippen LogP contribution is 2.26. The van der Waals surface area contributed by atoms with Crippen LogP contribution in [0.2, 0.25) is 0 Å². The van der Waals surface area contributed by atoms with E-state index < -0.39 is 40.6 Å². The van der Waals surface area contributed by atoms with Gasteiger partial charge in [-0.15, -0.1) is 0 Å². The standard InChI is InChI=1S/C11H11F2NO5/c1-6(2)19-11(15)5-18-10-4-7(12)9(14(16)17)3-8(10)13/h3-4,6H,5H2,1-2H3. The van der Waals surface area contributed by atoms with Crippen molar-refractivity contribution in [2.24, 2.45) is 0 Å². The Morgan fingerprint density at radius 3 is 2.53 bits per heavy atom. The molecule has 0 atom stereocenters. The second kappa shape index (κ2) is 6.07. The molecule has 0 N–H and O–H groups in total. The van der Waals surface area contributed by atoms with Crippen LogP contribution in [-0.4, -0.2) is 23.6 Å². The summed E-state index contributed by atoms with van der Waals surface area (Å²) in [6, 6.07) is 0.897. The normalized spacial score (nSPS) is 10.4. The summed E-state index contributed by atoms with van der Waals surface area (Å²) in [7, 11) is 0. The zero-order valence-electron chi connectivity index (χ0n) is 10.2. The zero-order chi connectivity index (χ0) is 14.6. The maximum atomic E-state index is 13.4. The molecule has 0 aliphatic rings. The predicted molar refractivity (Wildman–Crippen MR) is 59.7 cm³/mol. The molecular weight excluding hydrogens is 264 g/mol. The molecule has 0 aliphatic heterocycles. The van der Waals surface area contributed by atoms with Crippen LogP contribution in [0, 0.1) is 21.7 Å². The van der Waals surface area contributed by atoms with Crippen molar-refractivity contribution in [3.05, 3.63) is 33.9 Å². The van der Waals surface area contributed by atoms with Crippen molar-refractivity contribution in [1.29, 1.82) is 0 Å². The average molecular weight is 275 g/mol. The summed E-state index contributed by atoms with van der Waals surface area (Å²) in [5.41, 5.74) is -1.00. The summed E-state index contributed by atoms with van der Waals surface area (Å²) in [4.78, 5) is 20.4. The van der Waals surface area contributed by atoms with Gasteiger partial charge in [-0.2, -0.15) is 4.39 Å². The van der Waals surface area contributed by atoms with Crippen LogP contribution in [0.1, 0.15) is 13.8 Å². The Morgan fingerprint density at radius 2 is 2.00 bits per heavy atom. The van der Waals surface area contributed by atoms with E-state index in [9.17, 15) is 23.7 Å². The van der Waals surface area contributed by atoms with Crippen LogP contribution in [-0.2, 0) is 9.53 Å². The monoisotopic (exact) mass is 275 g/mol. The van der Waals surface area contributed by atoms with Crippen molar-refractivity contribution in [2.45, 2.75) is 20.0 Å². The van der Waals surface area contributed by atoms with E-state index in [4.69, 9.17) is 9.47 Å². The largest absolute Gasteiger partial charge is 0.479 e. The van der Waals surface area contributed by atoms with E-state index in [-0.39, 0.29) is 6.10 Å². The first-order valence-electron chi connectivity index (χ1n) is 5.27. The smallest absolute Gasteiger partial charge is 0.344 e. The lowest BCUT2D eigenvalue weighted by atomic mass is 10.3. The van der Waals surface area contributed by atoms with Gasteiger partial charge in [-0.1, -0.05) is 0 Å². The Labute approximate surface area is 107 Å². The van der Waals surface area contributed by atoms with E-state index in [2.05, 4.69) is 0 Å². The van der Waals surface area contributed by atoms with Gasteiger partial charge in [0.15, 0.2) is 18.2 Å². The van der Waals surface area contributed by atoms with Crippen LogP contribution in [0.4, 0.5) is 14.5 Å². The molecule has 0 saturated heterocycles. The number of benzene rings is 1.